The van der Waals surface area contributed by atoms with Gasteiger partial charge in [-0.05, 0) is 42.2 Å². The molecule has 1 aliphatic rings. The SMILES string of the molecule is CCn1nc(C)c(Br)c1CC(=O)C1CNCC1C. The van der Waals surface area contributed by atoms with Gasteiger partial charge in [0.1, 0.15) is 5.78 Å². The number of halogens is 1. The minimum Gasteiger partial charge on any atom is -0.316 e. The quantitative estimate of drug-likeness (QED) is 0.924. The van der Waals surface area contributed by atoms with Gasteiger partial charge in [0.25, 0.3) is 0 Å². The van der Waals surface area contributed by atoms with Gasteiger partial charge in [0.15, 0.2) is 0 Å². The van der Waals surface area contributed by atoms with Crippen molar-refractivity contribution in [1.29, 1.82) is 0 Å². The van der Waals surface area contributed by atoms with E-state index >= 15 is 0 Å². The number of hydrogen-bond acceptors (Lipinski definition) is 3. The molecule has 1 saturated heterocycles. The maximum absolute atomic E-state index is 12.4. The normalized spacial score (nSPS) is 23.6. The van der Waals surface area contributed by atoms with Crippen molar-refractivity contribution in [2.24, 2.45) is 11.8 Å². The number of ketones is 1. The molecule has 2 rings (SSSR count). The lowest BCUT2D eigenvalue weighted by Crippen LogP contribution is -2.24. The monoisotopic (exact) mass is 313 g/mol. The summed E-state index contributed by atoms with van der Waals surface area (Å²) in [5, 5.41) is 7.71. The van der Waals surface area contributed by atoms with Crippen LogP contribution in [0.1, 0.15) is 25.2 Å². The van der Waals surface area contributed by atoms with Crippen LogP contribution in [0.15, 0.2) is 4.47 Å². The number of carbonyl (C=O) groups excluding carboxylic acids is 1. The Balaban J connectivity index is 2.16. The first-order valence-electron chi connectivity index (χ1n) is 6.49. The molecule has 5 heteroatoms. The lowest BCUT2D eigenvalue weighted by Gasteiger charge is -2.13. The van der Waals surface area contributed by atoms with Crippen LogP contribution in [0.5, 0.6) is 0 Å². The van der Waals surface area contributed by atoms with Crippen molar-refractivity contribution < 1.29 is 4.79 Å². The number of rotatable bonds is 4. The first-order chi connectivity index (χ1) is 8.54. The Morgan fingerprint density at radius 2 is 2.28 bits per heavy atom. The van der Waals surface area contributed by atoms with Gasteiger partial charge in [0.2, 0.25) is 0 Å². The molecule has 1 aromatic heterocycles. The third-order valence-electron chi connectivity index (χ3n) is 3.73. The van der Waals surface area contributed by atoms with Gasteiger partial charge < -0.3 is 5.32 Å². The second-order valence-corrected chi connectivity index (χ2v) is 5.84. The minimum absolute atomic E-state index is 0.150. The molecule has 0 saturated carbocycles. The van der Waals surface area contributed by atoms with Crippen LogP contribution >= 0.6 is 15.9 Å². The molecule has 1 N–H and O–H groups in total. The zero-order chi connectivity index (χ0) is 13.3. The smallest absolute Gasteiger partial charge is 0.143 e. The van der Waals surface area contributed by atoms with Gasteiger partial charge in [-0.25, -0.2) is 0 Å². The van der Waals surface area contributed by atoms with Gasteiger partial charge in [0.05, 0.1) is 15.9 Å². The van der Waals surface area contributed by atoms with Crippen LogP contribution in [0.4, 0.5) is 0 Å². The Bertz CT molecular complexity index is 455. The first kappa shape index (κ1) is 13.7. The van der Waals surface area contributed by atoms with E-state index in [9.17, 15) is 4.79 Å². The van der Waals surface area contributed by atoms with Gasteiger partial charge in [-0.3, -0.25) is 9.48 Å². The molecule has 1 aliphatic heterocycles. The first-order valence-corrected chi connectivity index (χ1v) is 7.29. The number of nitrogens with zero attached hydrogens (tertiary/aromatic N) is 2. The number of Topliss-reactive ketones (excluding diaryl/α,β-unsaturated/α-hetero) is 1. The maximum atomic E-state index is 12.4. The Kier molecular flexibility index (Phi) is 4.22. The number of aryl methyl sites for hydroxylation is 2. The molecule has 0 spiro atoms. The standard InChI is InChI=1S/C13H20BrN3O/c1-4-17-11(13(14)9(3)16-17)5-12(18)10-7-15-6-8(10)2/h8,10,15H,4-7H2,1-3H3. The maximum Gasteiger partial charge on any atom is 0.143 e. The second-order valence-electron chi connectivity index (χ2n) is 5.05. The summed E-state index contributed by atoms with van der Waals surface area (Å²) in [6.45, 7) is 8.71. The molecule has 2 unspecified atom stereocenters. The predicted molar refractivity (Wildman–Crippen MR) is 74.6 cm³/mol. The Hall–Kier alpha value is -0.680. The third kappa shape index (κ3) is 2.52. The van der Waals surface area contributed by atoms with Crippen molar-refractivity contribution in [1.82, 2.24) is 15.1 Å². The third-order valence-corrected chi connectivity index (χ3v) is 4.76. The summed E-state index contributed by atoms with van der Waals surface area (Å²) in [5.74, 6) is 0.913. The van der Waals surface area contributed by atoms with E-state index in [0.29, 0.717) is 18.1 Å². The van der Waals surface area contributed by atoms with E-state index < -0.39 is 0 Å². The molecule has 0 amide bonds. The fourth-order valence-corrected chi connectivity index (χ4v) is 3.00. The van der Waals surface area contributed by atoms with Crippen LogP contribution in [-0.4, -0.2) is 28.7 Å². The van der Waals surface area contributed by atoms with Crippen molar-refractivity contribution in [3.8, 4) is 0 Å². The number of hydrogen-bond donors (Lipinski definition) is 1. The molecular formula is C13H20BrN3O. The van der Waals surface area contributed by atoms with Crippen molar-refractivity contribution >= 4 is 21.7 Å². The summed E-state index contributed by atoms with van der Waals surface area (Å²) in [6.07, 6.45) is 0.478. The summed E-state index contributed by atoms with van der Waals surface area (Å²) in [4.78, 5) is 12.4. The van der Waals surface area contributed by atoms with Crippen LogP contribution in [-0.2, 0) is 17.8 Å². The zero-order valence-corrected chi connectivity index (χ0v) is 12.7. The van der Waals surface area contributed by atoms with E-state index in [4.69, 9.17) is 0 Å². The van der Waals surface area contributed by atoms with Crippen LogP contribution < -0.4 is 5.32 Å². The largest absolute Gasteiger partial charge is 0.316 e. The van der Waals surface area contributed by atoms with Gasteiger partial charge >= 0.3 is 0 Å². The summed E-state index contributed by atoms with van der Waals surface area (Å²) in [6, 6.07) is 0. The van der Waals surface area contributed by atoms with E-state index in [-0.39, 0.29) is 5.92 Å². The molecule has 100 valence electrons. The minimum atomic E-state index is 0.150. The fourth-order valence-electron chi connectivity index (χ4n) is 2.58. The summed E-state index contributed by atoms with van der Waals surface area (Å²) < 4.78 is 2.90. The molecule has 4 nitrogen and oxygen atoms in total. The van der Waals surface area contributed by atoms with Crippen LogP contribution in [0.3, 0.4) is 0 Å². The molecule has 0 radical (unpaired) electrons. The lowest BCUT2D eigenvalue weighted by molar-refractivity contribution is -0.122. The Labute approximate surface area is 116 Å². The average molecular weight is 314 g/mol. The van der Waals surface area contributed by atoms with E-state index in [1.807, 2.05) is 18.5 Å². The van der Waals surface area contributed by atoms with Crippen molar-refractivity contribution in [2.75, 3.05) is 13.1 Å². The van der Waals surface area contributed by atoms with Crippen LogP contribution in [0, 0.1) is 18.8 Å². The van der Waals surface area contributed by atoms with Gasteiger partial charge in [-0.2, -0.15) is 5.10 Å². The zero-order valence-electron chi connectivity index (χ0n) is 11.2. The predicted octanol–water partition coefficient (Wildman–Crippen LogP) is 1.94. The molecule has 0 aliphatic carbocycles. The van der Waals surface area contributed by atoms with Crippen LogP contribution in [0.2, 0.25) is 0 Å². The lowest BCUT2D eigenvalue weighted by atomic mass is 9.91. The molecular weight excluding hydrogens is 294 g/mol. The molecule has 2 atom stereocenters. The highest BCUT2D eigenvalue weighted by Gasteiger charge is 2.30. The molecule has 18 heavy (non-hydrogen) atoms. The van der Waals surface area contributed by atoms with E-state index in [2.05, 4.69) is 33.3 Å². The van der Waals surface area contributed by atoms with Gasteiger partial charge in [-0.1, -0.05) is 6.92 Å². The summed E-state index contributed by atoms with van der Waals surface area (Å²) in [7, 11) is 0. The van der Waals surface area contributed by atoms with Gasteiger partial charge in [-0.15, -0.1) is 0 Å². The Morgan fingerprint density at radius 1 is 1.56 bits per heavy atom. The van der Waals surface area contributed by atoms with Crippen molar-refractivity contribution in [3.63, 3.8) is 0 Å². The van der Waals surface area contributed by atoms with Crippen LogP contribution in [0.25, 0.3) is 0 Å². The van der Waals surface area contributed by atoms with E-state index in [1.54, 1.807) is 0 Å². The second kappa shape index (κ2) is 5.53. The molecule has 0 aromatic carbocycles. The highest BCUT2D eigenvalue weighted by molar-refractivity contribution is 9.10. The molecule has 1 fully saturated rings. The highest BCUT2D eigenvalue weighted by Crippen LogP contribution is 2.25. The van der Waals surface area contributed by atoms with Gasteiger partial charge in [0, 0.05) is 25.4 Å². The number of aromatic nitrogens is 2. The Morgan fingerprint density at radius 3 is 2.83 bits per heavy atom. The fraction of sp³-hybridized carbons (Fsp3) is 0.692. The van der Waals surface area contributed by atoms with Crippen molar-refractivity contribution in [2.45, 2.75) is 33.7 Å². The van der Waals surface area contributed by atoms with E-state index in [1.165, 1.54) is 0 Å². The van der Waals surface area contributed by atoms with Crippen molar-refractivity contribution in [3.05, 3.63) is 15.9 Å². The molecule has 0 bridgehead atoms. The topological polar surface area (TPSA) is 46.9 Å². The summed E-state index contributed by atoms with van der Waals surface area (Å²) >= 11 is 3.54. The molecule has 2 heterocycles. The number of nitrogens with one attached hydrogen (secondary N) is 1. The number of carbonyl (C=O) groups is 1. The highest BCUT2D eigenvalue weighted by atomic mass is 79.9. The summed E-state index contributed by atoms with van der Waals surface area (Å²) in [5.41, 5.74) is 1.97. The molecule has 1 aromatic rings. The average Bonchev–Trinajstić information content (AvgIpc) is 2.87. The van der Waals surface area contributed by atoms with E-state index in [0.717, 1.165) is 35.5 Å².